The summed E-state index contributed by atoms with van der Waals surface area (Å²) in [5, 5.41) is 4.39. The van der Waals surface area contributed by atoms with E-state index >= 15 is 0 Å². The molecule has 1 aromatic carbocycles. The van der Waals surface area contributed by atoms with Crippen molar-refractivity contribution in [2.75, 3.05) is 55.9 Å². The highest BCUT2D eigenvalue weighted by molar-refractivity contribution is 8.28. The van der Waals surface area contributed by atoms with Crippen molar-refractivity contribution >= 4 is 49.3 Å². The van der Waals surface area contributed by atoms with Crippen LogP contribution in [0.4, 0.5) is 16.0 Å². The maximum atomic E-state index is 14.8. The van der Waals surface area contributed by atoms with Gasteiger partial charge in [-0.05, 0) is 42.8 Å². The van der Waals surface area contributed by atoms with Crippen molar-refractivity contribution in [1.29, 1.82) is 0 Å². The van der Waals surface area contributed by atoms with Crippen LogP contribution in [0, 0.1) is 5.82 Å². The number of aromatic nitrogens is 5. The summed E-state index contributed by atoms with van der Waals surface area (Å²) in [7, 11) is -1.97. The molecule has 200 valence electrons. The largest absolute Gasteiger partial charge is 0.461 e. The second-order valence-corrected chi connectivity index (χ2v) is 13.5. The van der Waals surface area contributed by atoms with E-state index in [1.807, 2.05) is 4.90 Å². The quantitative estimate of drug-likeness (QED) is 0.323. The van der Waals surface area contributed by atoms with Gasteiger partial charge < -0.3 is 19.6 Å². The van der Waals surface area contributed by atoms with Crippen LogP contribution >= 0.6 is 21.6 Å². The normalized spacial score (nSPS) is 15.6. The molecule has 0 saturated carbocycles. The molecule has 14 heteroatoms. The molecule has 1 aliphatic rings. The van der Waals surface area contributed by atoms with E-state index in [2.05, 4.69) is 20.0 Å². The van der Waals surface area contributed by atoms with E-state index in [-0.39, 0.29) is 16.6 Å². The highest BCUT2D eigenvalue weighted by atomic mass is 32.3. The van der Waals surface area contributed by atoms with E-state index in [0.29, 0.717) is 64.3 Å². The standard InChI is InChI=1S/C24H27FN8O3S2/c1-38(2,35)15-5-6-17(16(25)14-15)31-10-7-30(8-11-31)9-12-32-21-19(37-24(32)34)22-27-20(18-4-3-13-36-18)29-33(22)23(26)28-21/h3-6,13-14,35H,7-12H2,1-2H3,(H2,26,28). The number of fused-ring (bicyclic) bond motifs is 3. The molecule has 6 rings (SSSR count). The van der Waals surface area contributed by atoms with Gasteiger partial charge in [0.05, 0.1) is 12.0 Å². The molecule has 0 bridgehead atoms. The van der Waals surface area contributed by atoms with Gasteiger partial charge in [0.2, 0.25) is 11.8 Å². The molecule has 11 nitrogen and oxygen atoms in total. The van der Waals surface area contributed by atoms with Gasteiger partial charge in [-0.1, -0.05) is 11.3 Å². The van der Waals surface area contributed by atoms with Crippen molar-refractivity contribution in [2.24, 2.45) is 0 Å². The third-order valence-corrected chi connectivity index (χ3v) is 9.08. The number of benzene rings is 1. The Morgan fingerprint density at radius 1 is 1.13 bits per heavy atom. The van der Waals surface area contributed by atoms with Crippen LogP contribution in [0.5, 0.6) is 0 Å². The topological polar surface area (TPSA) is 131 Å². The van der Waals surface area contributed by atoms with Gasteiger partial charge in [0.1, 0.15) is 10.5 Å². The van der Waals surface area contributed by atoms with Gasteiger partial charge in [0.15, 0.2) is 17.1 Å². The summed E-state index contributed by atoms with van der Waals surface area (Å²) in [6.45, 7) is 3.85. The first-order chi connectivity index (χ1) is 18.2. The zero-order valence-corrected chi connectivity index (χ0v) is 22.5. The smallest absolute Gasteiger partial charge is 0.309 e. The zero-order valence-electron chi connectivity index (χ0n) is 20.9. The highest BCUT2D eigenvalue weighted by Gasteiger charge is 2.23. The summed E-state index contributed by atoms with van der Waals surface area (Å²) >= 11 is 1.07. The number of hydrogen-bond acceptors (Lipinski definition) is 10. The van der Waals surface area contributed by atoms with Gasteiger partial charge in [-0.3, -0.25) is 14.3 Å². The predicted octanol–water partition coefficient (Wildman–Crippen LogP) is 3.20. The molecular formula is C24H27FN8O3S2. The van der Waals surface area contributed by atoms with Crippen LogP contribution in [-0.2, 0) is 6.54 Å². The Morgan fingerprint density at radius 2 is 1.92 bits per heavy atom. The monoisotopic (exact) mass is 558 g/mol. The molecule has 1 fully saturated rings. The second kappa shape index (κ2) is 9.38. The summed E-state index contributed by atoms with van der Waals surface area (Å²) in [5.41, 5.74) is 7.66. The van der Waals surface area contributed by atoms with Gasteiger partial charge in [-0.2, -0.15) is 9.50 Å². The molecule has 0 spiro atoms. The Morgan fingerprint density at radius 3 is 2.61 bits per heavy atom. The lowest BCUT2D eigenvalue weighted by atomic mass is 10.2. The lowest BCUT2D eigenvalue weighted by molar-refractivity contribution is 0.248. The van der Waals surface area contributed by atoms with Gasteiger partial charge in [-0.15, -0.1) is 15.4 Å². The fraction of sp³-hybridized carbons (Fsp3) is 0.333. The molecule has 5 heterocycles. The van der Waals surface area contributed by atoms with E-state index in [9.17, 15) is 13.7 Å². The lowest BCUT2D eigenvalue weighted by Crippen LogP contribution is -2.47. The van der Waals surface area contributed by atoms with Gasteiger partial charge in [0, 0.05) is 44.2 Å². The second-order valence-electron chi connectivity index (χ2n) is 9.51. The Labute approximate surface area is 222 Å². The number of furan rings is 1. The Bertz CT molecular complexity index is 1680. The van der Waals surface area contributed by atoms with Crippen LogP contribution in [-0.4, -0.2) is 78.8 Å². The molecule has 0 atom stereocenters. The summed E-state index contributed by atoms with van der Waals surface area (Å²) in [5.74, 6) is 0.688. The lowest BCUT2D eigenvalue weighted by Gasteiger charge is -2.36. The van der Waals surface area contributed by atoms with E-state index in [4.69, 9.17) is 10.2 Å². The molecule has 1 aliphatic heterocycles. The molecule has 0 unspecified atom stereocenters. The maximum absolute atomic E-state index is 14.8. The molecule has 0 radical (unpaired) electrons. The SMILES string of the molecule is CS(C)(O)c1ccc(N2CCN(CCn3c(=O)sc4c3nc(N)n3nc(-c5ccco5)nc43)CC2)c(F)c1. The maximum Gasteiger partial charge on any atom is 0.309 e. The van der Waals surface area contributed by atoms with Crippen LogP contribution in [0.2, 0.25) is 0 Å². The van der Waals surface area contributed by atoms with E-state index in [0.717, 1.165) is 24.4 Å². The van der Waals surface area contributed by atoms with Crippen molar-refractivity contribution in [1.82, 2.24) is 29.0 Å². The summed E-state index contributed by atoms with van der Waals surface area (Å²) in [4.78, 5) is 26.7. The van der Waals surface area contributed by atoms with Crippen LogP contribution in [0.15, 0.2) is 50.7 Å². The van der Waals surface area contributed by atoms with Crippen molar-refractivity contribution in [3.63, 3.8) is 0 Å². The molecule has 0 aliphatic carbocycles. The molecule has 38 heavy (non-hydrogen) atoms. The third kappa shape index (κ3) is 4.42. The average Bonchev–Trinajstić information content (AvgIpc) is 3.62. The predicted molar refractivity (Wildman–Crippen MR) is 148 cm³/mol. The molecule has 4 aromatic heterocycles. The van der Waals surface area contributed by atoms with E-state index < -0.39 is 10.3 Å². The zero-order chi connectivity index (χ0) is 26.6. The van der Waals surface area contributed by atoms with E-state index in [1.165, 1.54) is 16.8 Å². The number of rotatable bonds is 6. The molecule has 0 amide bonds. The average molecular weight is 559 g/mol. The van der Waals surface area contributed by atoms with Crippen molar-refractivity contribution in [3.05, 3.63) is 52.1 Å². The van der Waals surface area contributed by atoms with Gasteiger partial charge in [0.25, 0.3) is 0 Å². The first-order valence-corrected chi connectivity index (χ1v) is 15.2. The van der Waals surface area contributed by atoms with Crippen molar-refractivity contribution < 1.29 is 13.4 Å². The minimum absolute atomic E-state index is 0.136. The number of anilines is 2. The number of nitrogen functional groups attached to an aromatic ring is 1. The van der Waals surface area contributed by atoms with Crippen molar-refractivity contribution in [3.8, 4) is 11.6 Å². The first-order valence-electron chi connectivity index (χ1n) is 12.0. The van der Waals surface area contributed by atoms with Crippen LogP contribution < -0.4 is 15.5 Å². The number of halogens is 1. The molecule has 5 aromatic rings. The van der Waals surface area contributed by atoms with Crippen LogP contribution in [0.1, 0.15) is 0 Å². The number of hydrogen-bond donors (Lipinski definition) is 2. The van der Waals surface area contributed by atoms with Gasteiger partial charge >= 0.3 is 4.87 Å². The number of piperazine rings is 1. The van der Waals surface area contributed by atoms with Gasteiger partial charge in [-0.25, -0.2) is 9.37 Å². The fourth-order valence-electron chi connectivity index (χ4n) is 4.64. The molecule has 3 N–H and O–H groups in total. The highest BCUT2D eigenvalue weighted by Crippen LogP contribution is 2.45. The number of nitrogens with zero attached hydrogens (tertiary/aromatic N) is 7. The van der Waals surface area contributed by atoms with Crippen molar-refractivity contribution in [2.45, 2.75) is 11.4 Å². The van der Waals surface area contributed by atoms with E-state index in [1.54, 1.807) is 41.3 Å². The summed E-state index contributed by atoms with van der Waals surface area (Å²) in [6.07, 6.45) is 4.98. The molecular weight excluding hydrogens is 531 g/mol. The molecule has 1 saturated heterocycles. The number of nitrogens with two attached hydrogens (primary N) is 1. The Balaban J connectivity index is 1.17. The Kier molecular flexibility index (Phi) is 6.13. The first kappa shape index (κ1) is 24.9. The minimum atomic E-state index is -1.97. The van der Waals surface area contributed by atoms with Crippen LogP contribution in [0.3, 0.4) is 0 Å². The number of thiazole rings is 1. The summed E-state index contributed by atoms with van der Waals surface area (Å²) < 4.78 is 34.1. The minimum Gasteiger partial charge on any atom is -0.461 e. The fourth-order valence-corrected chi connectivity index (χ4v) is 6.37. The van der Waals surface area contributed by atoms with Crippen LogP contribution in [0.25, 0.3) is 27.6 Å². The Hall–Kier alpha value is -3.46. The summed E-state index contributed by atoms with van der Waals surface area (Å²) in [6, 6.07) is 8.49. The third-order valence-electron chi connectivity index (χ3n) is 6.71.